The highest BCUT2D eigenvalue weighted by Gasteiger charge is 2.27. The Labute approximate surface area is 187 Å². The van der Waals surface area contributed by atoms with Gasteiger partial charge in [0.05, 0.1) is 11.9 Å². The van der Waals surface area contributed by atoms with E-state index in [-0.39, 0.29) is 24.3 Å². The number of fused-ring (bicyclic) bond motifs is 1. The molecule has 0 saturated carbocycles. The van der Waals surface area contributed by atoms with E-state index in [2.05, 4.69) is 5.32 Å². The number of anilines is 2. The van der Waals surface area contributed by atoms with Crippen LogP contribution in [0.4, 0.5) is 11.4 Å². The predicted molar refractivity (Wildman–Crippen MR) is 122 cm³/mol. The fraction of sp³-hybridized carbons (Fsp3) is 0.391. The van der Waals surface area contributed by atoms with Crippen molar-refractivity contribution < 1.29 is 23.1 Å². The first-order chi connectivity index (χ1) is 15.3. The van der Waals surface area contributed by atoms with E-state index in [0.29, 0.717) is 48.6 Å². The molecule has 4 rings (SSSR count). The molecule has 2 aromatic carbocycles. The van der Waals surface area contributed by atoms with Crippen molar-refractivity contribution in [3.63, 3.8) is 0 Å². The average molecular weight is 458 g/mol. The lowest BCUT2D eigenvalue weighted by Crippen LogP contribution is -2.39. The largest absolute Gasteiger partial charge is 0.396 e. The number of rotatable bonds is 5. The van der Waals surface area contributed by atoms with Gasteiger partial charge in [-0.1, -0.05) is 6.07 Å². The molecule has 0 spiro atoms. The van der Waals surface area contributed by atoms with Gasteiger partial charge in [0.1, 0.15) is 0 Å². The fourth-order valence-electron chi connectivity index (χ4n) is 4.29. The molecular weight excluding hydrogens is 430 g/mol. The van der Waals surface area contributed by atoms with E-state index in [1.54, 1.807) is 47.4 Å². The van der Waals surface area contributed by atoms with Gasteiger partial charge >= 0.3 is 0 Å². The number of hydrogen-bond donors (Lipinski definition) is 2. The third-order valence-electron chi connectivity index (χ3n) is 6.12. The summed E-state index contributed by atoms with van der Waals surface area (Å²) in [5.41, 5.74) is 2.88. The van der Waals surface area contributed by atoms with Crippen LogP contribution in [0.15, 0.2) is 42.5 Å². The minimum absolute atomic E-state index is 0.0871. The normalized spacial score (nSPS) is 16.7. The van der Waals surface area contributed by atoms with Gasteiger partial charge in [0.2, 0.25) is 10.0 Å². The van der Waals surface area contributed by atoms with Crippen LogP contribution in [0.25, 0.3) is 0 Å². The monoisotopic (exact) mass is 457 g/mol. The van der Waals surface area contributed by atoms with Gasteiger partial charge in [0.25, 0.3) is 11.8 Å². The summed E-state index contributed by atoms with van der Waals surface area (Å²) in [4.78, 5) is 27.4. The lowest BCUT2D eigenvalue weighted by Gasteiger charge is -2.31. The number of amides is 2. The minimum Gasteiger partial charge on any atom is -0.396 e. The number of hydrogen-bond acceptors (Lipinski definition) is 5. The van der Waals surface area contributed by atoms with Crippen LogP contribution in [0.2, 0.25) is 0 Å². The first-order valence-electron chi connectivity index (χ1n) is 10.7. The van der Waals surface area contributed by atoms with Gasteiger partial charge in [-0.3, -0.25) is 13.9 Å². The Hall–Kier alpha value is -2.91. The molecule has 2 amide bonds. The van der Waals surface area contributed by atoms with Crippen LogP contribution in [-0.2, 0) is 16.4 Å². The van der Waals surface area contributed by atoms with Crippen molar-refractivity contribution >= 4 is 33.2 Å². The van der Waals surface area contributed by atoms with Crippen LogP contribution < -0.4 is 9.62 Å². The maximum atomic E-state index is 12.8. The molecule has 8 nitrogen and oxygen atoms in total. The van der Waals surface area contributed by atoms with Gasteiger partial charge in [-0.05, 0) is 67.1 Å². The smallest absolute Gasteiger partial charge is 0.255 e. The molecule has 2 aromatic rings. The zero-order valence-corrected chi connectivity index (χ0v) is 18.8. The first kappa shape index (κ1) is 22.3. The Morgan fingerprint density at radius 1 is 1.06 bits per heavy atom. The van der Waals surface area contributed by atoms with Crippen molar-refractivity contribution in [2.24, 2.45) is 5.92 Å². The second-order valence-corrected chi connectivity index (χ2v) is 10.3. The second kappa shape index (κ2) is 8.91. The van der Waals surface area contributed by atoms with Crippen LogP contribution in [0, 0.1) is 5.92 Å². The lowest BCUT2D eigenvalue weighted by atomic mass is 9.97. The second-order valence-electron chi connectivity index (χ2n) is 8.38. The summed E-state index contributed by atoms with van der Waals surface area (Å²) >= 11 is 0. The molecule has 2 heterocycles. The van der Waals surface area contributed by atoms with Gasteiger partial charge in [0, 0.05) is 43.1 Å². The molecule has 170 valence electrons. The third-order valence-corrected chi connectivity index (χ3v) is 7.30. The van der Waals surface area contributed by atoms with Gasteiger partial charge < -0.3 is 15.3 Å². The van der Waals surface area contributed by atoms with Crippen LogP contribution >= 0.6 is 0 Å². The highest BCUT2D eigenvalue weighted by Crippen LogP contribution is 2.31. The summed E-state index contributed by atoms with van der Waals surface area (Å²) in [7, 11) is -3.34. The number of nitrogens with zero attached hydrogens (tertiary/aromatic N) is 2. The van der Waals surface area contributed by atoms with Gasteiger partial charge in [0.15, 0.2) is 0 Å². The Morgan fingerprint density at radius 2 is 1.81 bits per heavy atom. The van der Waals surface area contributed by atoms with Crippen molar-refractivity contribution in [2.75, 3.05) is 42.1 Å². The van der Waals surface area contributed by atoms with Crippen LogP contribution in [0.1, 0.15) is 39.1 Å². The SMILES string of the molecule is CS(=O)(=O)N1CCc2cc(C(=O)Nc3cccc(C(=O)N4CCC(CO)CC4)c3)ccc21. The molecule has 0 atom stereocenters. The van der Waals surface area contributed by atoms with Crippen molar-refractivity contribution in [1.82, 2.24) is 4.90 Å². The fourth-order valence-corrected chi connectivity index (χ4v) is 5.25. The van der Waals surface area contributed by atoms with E-state index in [1.165, 1.54) is 10.6 Å². The molecule has 2 N–H and O–H groups in total. The van der Waals surface area contributed by atoms with E-state index in [0.717, 1.165) is 18.4 Å². The zero-order valence-electron chi connectivity index (χ0n) is 18.0. The van der Waals surface area contributed by atoms with E-state index in [4.69, 9.17) is 0 Å². The Kier molecular flexibility index (Phi) is 6.21. The molecule has 0 bridgehead atoms. The number of sulfonamides is 1. The molecule has 0 unspecified atom stereocenters. The lowest BCUT2D eigenvalue weighted by molar-refractivity contribution is 0.0650. The van der Waals surface area contributed by atoms with Crippen LogP contribution in [-0.4, -0.2) is 62.7 Å². The first-order valence-corrected chi connectivity index (χ1v) is 12.5. The van der Waals surface area contributed by atoms with Crippen molar-refractivity contribution in [3.8, 4) is 0 Å². The van der Waals surface area contributed by atoms with E-state index in [1.807, 2.05) is 0 Å². The Balaban J connectivity index is 1.45. The molecule has 2 aliphatic rings. The standard InChI is InChI=1S/C23H27N3O5S/c1-32(30,31)26-12-9-17-13-18(5-6-21(17)26)22(28)24-20-4-2-3-19(14-20)23(29)25-10-7-16(15-27)8-11-25/h2-6,13-14,16,27H,7-12,15H2,1H3,(H,24,28). The third kappa shape index (κ3) is 4.63. The van der Waals surface area contributed by atoms with E-state index in [9.17, 15) is 23.1 Å². The number of piperidine rings is 1. The summed E-state index contributed by atoms with van der Waals surface area (Å²) in [6.07, 6.45) is 3.30. The number of likely N-dealkylation sites (tertiary alicyclic amines) is 1. The predicted octanol–water partition coefficient (Wildman–Crippen LogP) is 2.11. The molecular formula is C23H27N3O5S. The van der Waals surface area contributed by atoms with Crippen molar-refractivity contribution in [3.05, 3.63) is 59.2 Å². The van der Waals surface area contributed by atoms with Gasteiger partial charge in [-0.15, -0.1) is 0 Å². The number of carbonyl (C=O) groups is 2. The summed E-state index contributed by atoms with van der Waals surface area (Å²) in [5, 5.41) is 12.1. The van der Waals surface area contributed by atoms with Crippen LogP contribution in [0.5, 0.6) is 0 Å². The molecule has 1 fully saturated rings. The topological polar surface area (TPSA) is 107 Å². The Morgan fingerprint density at radius 3 is 2.50 bits per heavy atom. The zero-order chi connectivity index (χ0) is 22.9. The molecule has 9 heteroatoms. The van der Waals surface area contributed by atoms with Crippen LogP contribution in [0.3, 0.4) is 0 Å². The summed E-state index contributed by atoms with van der Waals surface area (Å²) in [6.45, 7) is 1.75. The van der Waals surface area contributed by atoms with Gasteiger partial charge in [-0.25, -0.2) is 8.42 Å². The number of nitrogens with one attached hydrogen (secondary N) is 1. The number of aliphatic hydroxyl groups is 1. The van der Waals surface area contributed by atoms with E-state index < -0.39 is 10.0 Å². The summed E-state index contributed by atoms with van der Waals surface area (Å²) < 4.78 is 25.1. The quantitative estimate of drug-likeness (QED) is 0.715. The molecule has 2 aliphatic heterocycles. The molecule has 0 radical (unpaired) electrons. The molecule has 32 heavy (non-hydrogen) atoms. The molecule has 0 aliphatic carbocycles. The van der Waals surface area contributed by atoms with Crippen molar-refractivity contribution in [1.29, 1.82) is 0 Å². The molecule has 0 aromatic heterocycles. The minimum atomic E-state index is -3.34. The average Bonchev–Trinajstić information content (AvgIpc) is 3.23. The summed E-state index contributed by atoms with van der Waals surface area (Å²) in [5.74, 6) is -0.156. The van der Waals surface area contributed by atoms with E-state index >= 15 is 0 Å². The van der Waals surface area contributed by atoms with Gasteiger partial charge in [-0.2, -0.15) is 0 Å². The molecule has 1 saturated heterocycles. The Bertz CT molecular complexity index is 1140. The maximum Gasteiger partial charge on any atom is 0.255 e. The number of aliphatic hydroxyl groups excluding tert-OH is 1. The number of carbonyl (C=O) groups excluding carboxylic acids is 2. The highest BCUT2D eigenvalue weighted by molar-refractivity contribution is 7.92. The number of benzene rings is 2. The van der Waals surface area contributed by atoms with Crippen molar-refractivity contribution in [2.45, 2.75) is 19.3 Å². The highest BCUT2D eigenvalue weighted by atomic mass is 32.2. The summed E-state index contributed by atoms with van der Waals surface area (Å²) in [6, 6.07) is 11.8. The maximum absolute atomic E-state index is 12.8.